The molecule has 1 saturated heterocycles. The molecule has 110 valence electrons. The topological polar surface area (TPSA) is 42.0 Å². The molecule has 0 N–H and O–H groups in total. The lowest BCUT2D eigenvalue weighted by Crippen LogP contribution is -2.33. The van der Waals surface area contributed by atoms with E-state index in [1.165, 1.54) is 5.56 Å². The van der Waals surface area contributed by atoms with Crippen LogP contribution in [0.2, 0.25) is 0 Å². The quantitative estimate of drug-likeness (QED) is 0.764. The van der Waals surface area contributed by atoms with Gasteiger partial charge in [-0.3, -0.25) is 0 Å². The van der Waals surface area contributed by atoms with Crippen LogP contribution in [0.5, 0.6) is 5.75 Å². The Morgan fingerprint density at radius 3 is 2.70 bits per heavy atom. The largest absolute Gasteiger partial charge is 0.494 e. The van der Waals surface area contributed by atoms with Gasteiger partial charge in [-0.05, 0) is 31.7 Å². The molecule has 0 spiro atoms. The zero-order chi connectivity index (χ0) is 14.4. The molecule has 20 heavy (non-hydrogen) atoms. The molecule has 1 aliphatic heterocycles. The minimum Gasteiger partial charge on any atom is -0.494 e. The Kier molecular flexibility index (Phi) is 5.24. The van der Waals surface area contributed by atoms with Gasteiger partial charge >= 0.3 is 6.09 Å². The highest BCUT2D eigenvalue weighted by molar-refractivity contribution is 5.69. The second-order valence-electron chi connectivity index (χ2n) is 4.92. The van der Waals surface area contributed by atoms with Gasteiger partial charge in [-0.1, -0.05) is 12.1 Å². The fourth-order valence-electron chi connectivity index (χ4n) is 2.17. The summed E-state index contributed by atoms with van der Waals surface area (Å²) in [5.41, 5.74) is 1.24. The van der Waals surface area contributed by atoms with Crippen LogP contribution in [0.3, 0.4) is 0 Å². The molecule has 1 fully saturated rings. The molecule has 0 aromatic heterocycles. The zero-order valence-corrected chi connectivity index (χ0v) is 12.2. The lowest BCUT2D eigenvalue weighted by Gasteiger charge is -2.20. The standard InChI is InChI=1S/C15H22N2O3/c1-3-19-14-6-4-13(5-7-14)12-16(2)8-9-17-10-11-20-15(17)18/h4-7H,3,8-12H2,1-2H3. The van der Waals surface area contributed by atoms with Gasteiger partial charge in [0.1, 0.15) is 12.4 Å². The predicted molar refractivity (Wildman–Crippen MR) is 76.9 cm³/mol. The Hall–Kier alpha value is -1.75. The minimum atomic E-state index is -0.195. The lowest BCUT2D eigenvalue weighted by molar-refractivity contribution is 0.155. The van der Waals surface area contributed by atoms with Gasteiger partial charge in [0.05, 0.1) is 13.2 Å². The SMILES string of the molecule is CCOc1ccc(CN(C)CCN2CCOC2=O)cc1. The Labute approximate surface area is 120 Å². The molecular formula is C15H22N2O3. The average molecular weight is 278 g/mol. The van der Waals surface area contributed by atoms with Crippen LogP contribution in [0.4, 0.5) is 4.79 Å². The number of carbonyl (C=O) groups excluding carboxylic acids is 1. The van der Waals surface area contributed by atoms with Crippen molar-refractivity contribution in [3.8, 4) is 5.75 Å². The van der Waals surface area contributed by atoms with E-state index in [9.17, 15) is 4.79 Å². The predicted octanol–water partition coefficient (Wildman–Crippen LogP) is 1.97. The molecule has 0 unspecified atom stereocenters. The van der Waals surface area contributed by atoms with E-state index >= 15 is 0 Å². The molecule has 0 saturated carbocycles. The van der Waals surface area contributed by atoms with Crippen LogP contribution >= 0.6 is 0 Å². The van der Waals surface area contributed by atoms with Crippen molar-refractivity contribution in [1.29, 1.82) is 0 Å². The van der Waals surface area contributed by atoms with Crippen LogP contribution in [-0.2, 0) is 11.3 Å². The molecule has 1 aromatic rings. The van der Waals surface area contributed by atoms with Gasteiger partial charge in [0.15, 0.2) is 0 Å². The van der Waals surface area contributed by atoms with Gasteiger partial charge in [0.25, 0.3) is 0 Å². The lowest BCUT2D eigenvalue weighted by atomic mass is 10.2. The van der Waals surface area contributed by atoms with Crippen molar-refractivity contribution in [3.63, 3.8) is 0 Å². The van der Waals surface area contributed by atoms with Crippen LogP contribution in [0.15, 0.2) is 24.3 Å². The maximum atomic E-state index is 11.3. The second kappa shape index (κ2) is 7.14. The zero-order valence-electron chi connectivity index (χ0n) is 12.2. The summed E-state index contributed by atoms with van der Waals surface area (Å²) in [6, 6.07) is 8.13. The molecule has 0 bridgehead atoms. The third-order valence-electron chi connectivity index (χ3n) is 3.28. The van der Waals surface area contributed by atoms with Gasteiger partial charge in [-0.15, -0.1) is 0 Å². The van der Waals surface area contributed by atoms with E-state index in [1.807, 2.05) is 19.1 Å². The third-order valence-corrected chi connectivity index (χ3v) is 3.28. The Morgan fingerprint density at radius 1 is 1.35 bits per heavy atom. The Morgan fingerprint density at radius 2 is 2.10 bits per heavy atom. The van der Waals surface area contributed by atoms with Crippen molar-refractivity contribution < 1.29 is 14.3 Å². The van der Waals surface area contributed by atoms with Gasteiger partial charge in [-0.2, -0.15) is 0 Å². The fourth-order valence-corrected chi connectivity index (χ4v) is 2.17. The average Bonchev–Trinajstić information content (AvgIpc) is 2.84. The van der Waals surface area contributed by atoms with Crippen molar-refractivity contribution in [2.45, 2.75) is 13.5 Å². The number of nitrogens with zero attached hydrogens (tertiary/aromatic N) is 2. The number of carbonyl (C=O) groups is 1. The number of ether oxygens (including phenoxy) is 2. The number of hydrogen-bond acceptors (Lipinski definition) is 4. The number of rotatable bonds is 7. The molecular weight excluding hydrogens is 256 g/mol. The molecule has 0 aliphatic carbocycles. The van der Waals surface area contributed by atoms with E-state index in [1.54, 1.807) is 4.90 Å². The molecule has 1 aliphatic rings. The summed E-state index contributed by atoms with van der Waals surface area (Å²) in [4.78, 5) is 15.3. The minimum absolute atomic E-state index is 0.195. The fraction of sp³-hybridized carbons (Fsp3) is 0.533. The maximum Gasteiger partial charge on any atom is 0.409 e. The normalized spacial score (nSPS) is 14.8. The van der Waals surface area contributed by atoms with E-state index in [4.69, 9.17) is 9.47 Å². The monoisotopic (exact) mass is 278 g/mol. The van der Waals surface area contributed by atoms with Crippen molar-refractivity contribution in [3.05, 3.63) is 29.8 Å². The number of benzene rings is 1. The molecule has 1 aromatic carbocycles. The van der Waals surface area contributed by atoms with Crippen molar-refractivity contribution >= 4 is 6.09 Å². The number of likely N-dealkylation sites (N-methyl/N-ethyl adjacent to an activating group) is 1. The van der Waals surface area contributed by atoms with Crippen LogP contribution in [0.25, 0.3) is 0 Å². The third kappa shape index (κ3) is 4.13. The molecule has 5 heteroatoms. The van der Waals surface area contributed by atoms with Gasteiger partial charge < -0.3 is 19.3 Å². The summed E-state index contributed by atoms with van der Waals surface area (Å²) in [5, 5.41) is 0. The number of amides is 1. The van der Waals surface area contributed by atoms with Crippen molar-refractivity contribution in [2.24, 2.45) is 0 Å². The molecule has 0 atom stereocenters. The smallest absolute Gasteiger partial charge is 0.409 e. The van der Waals surface area contributed by atoms with Crippen LogP contribution in [0, 0.1) is 0 Å². The summed E-state index contributed by atoms with van der Waals surface area (Å²) in [5.74, 6) is 0.902. The first kappa shape index (κ1) is 14.7. The highest BCUT2D eigenvalue weighted by Gasteiger charge is 2.21. The highest BCUT2D eigenvalue weighted by Crippen LogP contribution is 2.13. The number of cyclic esters (lactones) is 1. The van der Waals surface area contributed by atoms with Crippen molar-refractivity contribution in [2.75, 3.05) is 39.9 Å². The Bertz CT molecular complexity index is 433. The maximum absolute atomic E-state index is 11.3. The van der Waals surface area contributed by atoms with Crippen LogP contribution in [0.1, 0.15) is 12.5 Å². The van der Waals surface area contributed by atoms with E-state index in [0.29, 0.717) is 26.3 Å². The van der Waals surface area contributed by atoms with E-state index in [2.05, 4.69) is 24.1 Å². The van der Waals surface area contributed by atoms with Crippen molar-refractivity contribution in [1.82, 2.24) is 9.80 Å². The van der Waals surface area contributed by atoms with E-state index in [0.717, 1.165) is 18.8 Å². The van der Waals surface area contributed by atoms with Gasteiger partial charge in [-0.25, -0.2) is 4.79 Å². The summed E-state index contributed by atoms with van der Waals surface area (Å²) >= 11 is 0. The molecule has 2 rings (SSSR count). The summed E-state index contributed by atoms with van der Waals surface area (Å²) < 4.78 is 10.3. The first-order chi connectivity index (χ1) is 9.69. The summed E-state index contributed by atoms with van der Waals surface area (Å²) in [6.45, 7) is 6.29. The Balaban J connectivity index is 1.75. The molecule has 1 amide bonds. The van der Waals surface area contributed by atoms with E-state index < -0.39 is 0 Å². The van der Waals surface area contributed by atoms with E-state index in [-0.39, 0.29) is 6.09 Å². The van der Waals surface area contributed by atoms with Gasteiger partial charge in [0.2, 0.25) is 0 Å². The van der Waals surface area contributed by atoms with Crippen LogP contribution in [-0.4, -0.2) is 55.8 Å². The summed E-state index contributed by atoms with van der Waals surface area (Å²) in [6.07, 6.45) is -0.195. The number of hydrogen-bond donors (Lipinski definition) is 0. The first-order valence-electron chi connectivity index (χ1n) is 7.01. The first-order valence-corrected chi connectivity index (χ1v) is 7.01. The second-order valence-corrected chi connectivity index (χ2v) is 4.92. The molecule has 0 radical (unpaired) electrons. The van der Waals surface area contributed by atoms with Gasteiger partial charge in [0, 0.05) is 19.6 Å². The summed E-state index contributed by atoms with van der Waals surface area (Å²) in [7, 11) is 2.05. The highest BCUT2D eigenvalue weighted by atomic mass is 16.6. The molecule has 5 nitrogen and oxygen atoms in total. The van der Waals surface area contributed by atoms with Crippen LogP contribution < -0.4 is 4.74 Å². The molecule has 1 heterocycles.